The summed E-state index contributed by atoms with van der Waals surface area (Å²) in [5, 5.41) is 22.0. The Morgan fingerprint density at radius 3 is 2.75 bits per heavy atom. The minimum absolute atomic E-state index is 0.0241. The Morgan fingerprint density at radius 1 is 1.50 bits per heavy atom. The van der Waals surface area contributed by atoms with Gasteiger partial charge in [-0.25, -0.2) is 4.79 Å². The van der Waals surface area contributed by atoms with Gasteiger partial charge in [-0.3, -0.25) is 4.79 Å². The molecule has 1 aliphatic carbocycles. The first-order valence-corrected chi connectivity index (χ1v) is 6.61. The lowest BCUT2D eigenvalue weighted by molar-refractivity contribution is -0.139. The lowest BCUT2D eigenvalue weighted by Gasteiger charge is -2.41. The average molecular weight is 281 g/mol. The van der Waals surface area contributed by atoms with E-state index in [1.807, 2.05) is 7.05 Å². The van der Waals surface area contributed by atoms with Crippen LogP contribution in [0.25, 0.3) is 0 Å². The van der Waals surface area contributed by atoms with E-state index in [0.29, 0.717) is 13.0 Å². The van der Waals surface area contributed by atoms with Crippen LogP contribution in [0.1, 0.15) is 31.5 Å². The first-order chi connectivity index (χ1) is 9.51. The van der Waals surface area contributed by atoms with Crippen LogP contribution in [-0.2, 0) is 18.3 Å². The Balaban J connectivity index is 1.75. The van der Waals surface area contributed by atoms with Crippen molar-refractivity contribution in [3.8, 4) is 0 Å². The number of aryl methyl sites for hydroxylation is 1. The molecule has 8 heteroatoms. The van der Waals surface area contributed by atoms with Crippen LogP contribution < -0.4 is 10.6 Å². The molecule has 1 saturated carbocycles. The zero-order valence-corrected chi connectivity index (χ0v) is 11.4. The molecule has 1 fully saturated rings. The summed E-state index contributed by atoms with van der Waals surface area (Å²) in [4.78, 5) is 22.6. The van der Waals surface area contributed by atoms with Crippen molar-refractivity contribution in [2.45, 2.75) is 37.6 Å². The molecule has 110 valence electrons. The summed E-state index contributed by atoms with van der Waals surface area (Å²) < 4.78 is 1.79. The van der Waals surface area contributed by atoms with E-state index >= 15 is 0 Å². The molecule has 0 radical (unpaired) electrons. The SMILES string of the molecule is Cn1cnnc1CCNC(=O)NC1(CC(=O)O)CCC1. The number of hydrogen-bond acceptors (Lipinski definition) is 4. The molecule has 0 bridgehead atoms. The van der Waals surface area contributed by atoms with Crippen LogP contribution in [0, 0.1) is 0 Å². The number of amides is 2. The third kappa shape index (κ3) is 3.46. The van der Waals surface area contributed by atoms with E-state index in [1.54, 1.807) is 10.9 Å². The van der Waals surface area contributed by atoms with Gasteiger partial charge in [0.15, 0.2) is 0 Å². The fraction of sp³-hybridized carbons (Fsp3) is 0.667. The molecular weight excluding hydrogens is 262 g/mol. The minimum atomic E-state index is -0.885. The van der Waals surface area contributed by atoms with Gasteiger partial charge in [-0.2, -0.15) is 0 Å². The van der Waals surface area contributed by atoms with Gasteiger partial charge in [0.05, 0.1) is 12.0 Å². The summed E-state index contributed by atoms with van der Waals surface area (Å²) in [7, 11) is 1.84. The highest BCUT2D eigenvalue weighted by Gasteiger charge is 2.40. The number of aliphatic carboxylic acids is 1. The van der Waals surface area contributed by atoms with Gasteiger partial charge in [0.2, 0.25) is 0 Å². The zero-order chi connectivity index (χ0) is 14.6. The lowest BCUT2D eigenvalue weighted by atomic mass is 9.74. The Kier molecular flexibility index (Phi) is 4.21. The molecule has 0 aliphatic heterocycles. The fourth-order valence-corrected chi connectivity index (χ4v) is 2.35. The van der Waals surface area contributed by atoms with E-state index in [-0.39, 0.29) is 12.5 Å². The number of nitrogens with one attached hydrogen (secondary N) is 2. The highest BCUT2D eigenvalue weighted by molar-refractivity contribution is 5.77. The Labute approximate surface area is 116 Å². The molecule has 0 unspecified atom stereocenters. The van der Waals surface area contributed by atoms with Crippen molar-refractivity contribution >= 4 is 12.0 Å². The number of aromatic nitrogens is 3. The van der Waals surface area contributed by atoms with E-state index in [0.717, 1.165) is 25.1 Å². The summed E-state index contributed by atoms with van der Waals surface area (Å²) in [5.41, 5.74) is -0.569. The smallest absolute Gasteiger partial charge is 0.315 e. The van der Waals surface area contributed by atoms with Crippen molar-refractivity contribution in [1.29, 1.82) is 0 Å². The Morgan fingerprint density at radius 2 is 2.25 bits per heavy atom. The van der Waals surface area contributed by atoms with Crippen LogP contribution in [0.15, 0.2) is 6.33 Å². The molecule has 0 saturated heterocycles. The highest BCUT2D eigenvalue weighted by atomic mass is 16.4. The third-order valence-corrected chi connectivity index (χ3v) is 3.62. The molecular formula is C12H19N5O3. The van der Waals surface area contributed by atoms with E-state index in [4.69, 9.17) is 5.11 Å². The maximum Gasteiger partial charge on any atom is 0.315 e. The molecule has 1 aliphatic rings. The van der Waals surface area contributed by atoms with Crippen LogP contribution >= 0.6 is 0 Å². The van der Waals surface area contributed by atoms with E-state index in [9.17, 15) is 9.59 Å². The van der Waals surface area contributed by atoms with Crippen molar-refractivity contribution in [1.82, 2.24) is 25.4 Å². The number of nitrogens with zero attached hydrogens (tertiary/aromatic N) is 3. The number of rotatable bonds is 6. The molecule has 0 spiro atoms. The number of carbonyl (C=O) groups is 2. The predicted molar refractivity (Wildman–Crippen MR) is 70.1 cm³/mol. The van der Waals surface area contributed by atoms with E-state index < -0.39 is 11.5 Å². The quantitative estimate of drug-likeness (QED) is 0.683. The molecule has 2 rings (SSSR count). The van der Waals surface area contributed by atoms with Crippen LogP contribution in [0.4, 0.5) is 4.79 Å². The van der Waals surface area contributed by atoms with Gasteiger partial charge in [-0.05, 0) is 19.3 Å². The maximum absolute atomic E-state index is 11.8. The second-order valence-electron chi connectivity index (χ2n) is 5.19. The second-order valence-corrected chi connectivity index (χ2v) is 5.19. The van der Waals surface area contributed by atoms with Gasteiger partial charge in [-0.15, -0.1) is 10.2 Å². The maximum atomic E-state index is 11.8. The lowest BCUT2D eigenvalue weighted by Crippen LogP contribution is -2.57. The standard InChI is InChI=1S/C12H19N5O3/c1-17-8-14-16-9(17)3-6-13-11(20)15-12(4-2-5-12)7-10(18)19/h8H,2-7H2,1H3,(H,18,19)(H2,13,15,20). The summed E-state index contributed by atoms with van der Waals surface area (Å²) in [6, 6.07) is -0.326. The zero-order valence-electron chi connectivity index (χ0n) is 11.4. The summed E-state index contributed by atoms with van der Waals surface area (Å²) >= 11 is 0. The van der Waals surface area contributed by atoms with Crippen molar-refractivity contribution in [3.05, 3.63) is 12.2 Å². The number of carboxylic acids is 1. The van der Waals surface area contributed by atoms with Gasteiger partial charge in [0.25, 0.3) is 0 Å². The summed E-state index contributed by atoms with van der Waals surface area (Å²) in [6.07, 6.45) is 4.55. The Bertz CT molecular complexity index is 495. The molecule has 8 nitrogen and oxygen atoms in total. The number of urea groups is 1. The van der Waals surface area contributed by atoms with Crippen LogP contribution in [0.2, 0.25) is 0 Å². The molecule has 2 amide bonds. The minimum Gasteiger partial charge on any atom is -0.481 e. The van der Waals surface area contributed by atoms with Gasteiger partial charge in [0.1, 0.15) is 12.2 Å². The van der Waals surface area contributed by atoms with Crippen molar-refractivity contribution in [2.75, 3.05) is 6.54 Å². The van der Waals surface area contributed by atoms with Crippen LogP contribution in [-0.4, -0.2) is 44.0 Å². The average Bonchev–Trinajstić information content (AvgIpc) is 2.72. The van der Waals surface area contributed by atoms with Gasteiger partial charge in [-0.1, -0.05) is 0 Å². The van der Waals surface area contributed by atoms with Crippen LogP contribution in [0.3, 0.4) is 0 Å². The Hall–Kier alpha value is -2.12. The molecule has 1 heterocycles. The van der Waals surface area contributed by atoms with Crippen molar-refractivity contribution in [2.24, 2.45) is 7.05 Å². The predicted octanol–water partition coefficient (Wildman–Crippen LogP) is 0.0542. The molecule has 20 heavy (non-hydrogen) atoms. The normalized spacial score (nSPS) is 16.2. The molecule has 1 aromatic heterocycles. The van der Waals surface area contributed by atoms with Crippen molar-refractivity contribution in [3.63, 3.8) is 0 Å². The topological polar surface area (TPSA) is 109 Å². The second kappa shape index (κ2) is 5.89. The summed E-state index contributed by atoms with van der Waals surface area (Å²) in [5.74, 6) is -0.0988. The fourth-order valence-electron chi connectivity index (χ4n) is 2.35. The third-order valence-electron chi connectivity index (χ3n) is 3.62. The first kappa shape index (κ1) is 14.3. The number of carbonyl (C=O) groups excluding carboxylic acids is 1. The number of carboxylic acid groups (broad SMARTS) is 1. The van der Waals surface area contributed by atoms with E-state index in [1.165, 1.54) is 0 Å². The number of hydrogen-bond donors (Lipinski definition) is 3. The monoisotopic (exact) mass is 281 g/mol. The highest BCUT2D eigenvalue weighted by Crippen LogP contribution is 2.34. The first-order valence-electron chi connectivity index (χ1n) is 6.61. The van der Waals surface area contributed by atoms with Crippen molar-refractivity contribution < 1.29 is 14.7 Å². The molecule has 3 N–H and O–H groups in total. The largest absolute Gasteiger partial charge is 0.481 e. The van der Waals surface area contributed by atoms with Gasteiger partial charge in [0, 0.05) is 20.0 Å². The van der Waals surface area contributed by atoms with Gasteiger partial charge < -0.3 is 20.3 Å². The summed E-state index contributed by atoms with van der Waals surface area (Å²) in [6.45, 7) is 0.432. The molecule has 1 aromatic rings. The van der Waals surface area contributed by atoms with Crippen LogP contribution in [0.5, 0.6) is 0 Å². The van der Waals surface area contributed by atoms with Gasteiger partial charge >= 0.3 is 12.0 Å². The molecule has 0 atom stereocenters. The van der Waals surface area contributed by atoms with E-state index in [2.05, 4.69) is 20.8 Å². The molecule has 0 aromatic carbocycles.